The maximum Gasteiger partial charge on any atom is 0.264 e. The van der Waals surface area contributed by atoms with Crippen LogP contribution in [-0.2, 0) is 10.0 Å². The predicted molar refractivity (Wildman–Crippen MR) is 66.4 cm³/mol. The van der Waals surface area contributed by atoms with Gasteiger partial charge < -0.3 is 0 Å². The first-order valence-corrected chi connectivity index (χ1v) is 6.83. The van der Waals surface area contributed by atoms with Gasteiger partial charge in [0.25, 0.3) is 10.0 Å². The smallest absolute Gasteiger partial charge is 0.264 e. The highest BCUT2D eigenvalue weighted by Gasteiger charge is 2.20. The van der Waals surface area contributed by atoms with Gasteiger partial charge in [-0.1, -0.05) is 11.6 Å². The van der Waals surface area contributed by atoms with Crippen LogP contribution in [0.25, 0.3) is 0 Å². The first-order valence-electron chi connectivity index (χ1n) is 4.97. The number of benzene rings is 1. The van der Waals surface area contributed by atoms with Gasteiger partial charge >= 0.3 is 0 Å². The van der Waals surface area contributed by atoms with Crippen LogP contribution in [0.2, 0.25) is 5.02 Å². The third-order valence-electron chi connectivity index (χ3n) is 2.20. The molecule has 0 spiro atoms. The van der Waals surface area contributed by atoms with Crippen LogP contribution in [0, 0.1) is 11.6 Å². The molecule has 2 aromatic rings. The lowest BCUT2D eigenvalue weighted by Gasteiger charge is -2.09. The van der Waals surface area contributed by atoms with E-state index in [-0.39, 0.29) is 10.7 Å². The highest BCUT2D eigenvalue weighted by molar-refractivity contribution is 7.92. The van der Waals surface area contributed by atoms with Crippen LogP contribution in [0.15, 0.2) is 41.6 Å². The quantitative estimate of drug-likeness (QED) is 0.948. The number of halogens is 3. The Labute approximate surface area is 113 Å². The number of anilines is 1. The third kappa shape index (κ3) is 2.99. The summed E-state index contributed by atoms with van der Waals surface area (Å²) in [5.41, 5.74) is -0.315. The number of pyridine rings is 1. The molecule has 0 fully saturated rings. The Morgan fingerprint density at radius 1 is 1.16 bits per heavy atom. The van der Waals surface area contributed by atoms with Crippen molar-refractivity contribution < 1.29 is 17.2 Å². The summed E-state index contributed by atoms with van der Waals surface area (Å²) in [7, 11) is -4.23. The molecule has 0 aliphatic heterocycles. The minimum Gasteiger partial charge on any atom is -0.276 e. The molecule has 4 nitrogen and oxygen atoms in total. The van der Waals surface area contributed by atoms with Gasteiger partial charge in [0, 0.05) is 11.2 Å². The largest absolute Gasteiger partial charge is 0.276 e. The second-order valence-electron chi connectivity index (χ2n) is 3.54. The molecule has 0 aliphatic rings. The zero-order valence-electron chi connectivity index (χ0n) is 9.27. The maximum atomic E-state index is 13.5. The fourth-order valence-corrected chi connectivity index (χ4v) is 2.64. The van der Waals surface area contributed by atoms with E-state index in [1.165, 1.54) is 12.3 Å². The summed E-state index contributed by atoms with van der Waals surface area (Å²) in [6, 6.07) is 4.21. The van der Waals surface area contributed by atoms with E-state index in [1.807, 2.05) is 4.72 Å². The molecule has 0 aliphatic carbocycles. The molecule has 1 N–H and O–H groups in total. The van der Waals surface area contributed by atoms with E-state index >= 15 is 0 Å². The minimum atomic E-state index is -4.23. The summed E-state index contributed by atoms with van der Waals surface area (Å²) in [5.74, 6) is -1.88. The molecule has 0 amide bonds. The van der Waals surface area contributed by atoms with Crippen molar-refractivity contribution in [3.8, 4) is 0 Å². The van der Waals surface area contributed by atoms with Crippen molar-refractivity contribution in [2.24, 2.45) is 0 Å². The van der Waals surface area contributed by atoms with Gasteiger partial charge in [0.15, 0.2) is 5.82 Å². The predicted octanol–water partition coefficient (Wildman–Crippen LogP) is 2.81. The molecule has 1 aromatic carbocycles. The molecule has 0 saturated heterocycles. The topological polar surface area (TPSA) is 59.1 Å². The van der Waals surface area contributed by atoms with Crippen LogP contribution in [-0.4, -0.2) is 13.4 Å². The van der Waals surface area contributed by atoms with Gasteiger partial charge in [-0.2, -0.15) is 0 Å². The van der Waals surface area contributed by atoms with Gasteiger partial charge in [-0.25, -0.2) is 17.2 Å². The van der Waals surface area contributed by atoms with Gasteiger partial charge in [-0.15, -0.1) is 0 Å². The molecule has 0 atom stereocenters. The van der Waals surface area contributed by atoms with Crippen LogP contribution in [0.1, 0.15) is 0 Å². The maximum absolute atomic E-state index is 13.5. The van der Waals surface area contributed by atoms with E-state index in [9.17, 15) is 17.2 Å². The fraction of sp³-hybridized carbons (Fsp3) is 0. The third-order valence-corrected chi connectivity index (χ3v) is 3.83. The van der Waals surface area contributed by atoms with Crippen molar-refractivity contribution in [3.63, 3.8) is 0 Å². The Balaban J connectivity index is 2.41. The molecule has 19 heavy (non-hydrogen) atoms. The lowest BCUT2D eigenvalue weighted by atomic mass is 10.3. The molecule has 100 valence electrons. The number of nitrogens with zero attached hydrogens (tertiary/aromatic N) is 1. The second kappa shape index (κ2) is 5.10. The highest BCUT2D eigenvalue weighted by atomic mass is 35.5. The summed E-state index contributed by atoms with van der Waals surface area (Å²) in [6.45, 7) is 0. The van der Waals surface area contributed by atoms with Gasteiger partial charge in [0.1, 0.15) is 10.7 Å². The standard InChI is InChI=1S/C11H7ClF2N2O2S/c12-7-1-2-11(8(13)5-7)19(17,18)16-10-3-4-15-6-9(10)14/h1-6H,(H,15,16). The number of hydrogen-bond donors (Lipinski definition) is 1. The number of hydrogen-bond acceptors (Lipinski definition) is 3. The Morgan fingerprint density at radius 3 is 2.53 bits per heavy atom. The van der Waals surface area contributed by atoms with E-state index in [0.29, 0.717) is 0 Å². The Hall–Kier alpha value is -1.73. The summed E-state index contributed by atoms with van der Waals surface area (Å²) >= 11 is 5.53. The summed E-state index contributed by atoms with van der Waals surface area (Å²) in [6.07, 6.45) is 2.05. The lowest BCUT2D eigenvalue weighted by Crippen LogP contribution is -2.15. The van der Waals surface area contributed by atoms with Crippen LogP contribution in [0.4, 0.5) is 14.5 Å². The molecule has 0 bridgehead atoms. The van der Waals surface area contributed by atoms with Gasteiger partial charge in [-0.3, -0.25) is 9.71 Å². The van der Waals surface area contributed by atoms with Crippen molar-refractivity contribution in [3.05, 3.63) is 53.3 Å². The van der Waals surface area contributed by atoms with Gasteiger partial charge in [0.2, 0.25) is 0 Å². The minimum absolute atomic E-state index is 0.0616. The molecular weight excluding hydrogens is 298 g/mol. The average molecular weight is 305 g/mol. The second-order valence-corrected chi connectivity index (χ2v) is 5.62. The average Bonchev–Trinajstić information content (AvgIpc) is 2.31. The fourth-order valence-electron chi connectivity index (χ4n) is 1.35. The number of sulfonamides is 1. The first-order chi connectivity index (χ1) is 8.90. The molecule has 1 heterocycles. The monoisotopic (exact) mass is 304 g/mol. The van der Waals surface area contributed by atoms with E-state index in [2.05, 4.69) is 4.98 Å². The molecule has 0 unspecified atom stereocenters. The van der Waals surface area contributed by atoms with Crippen molar-refractivity contribution in [1.29, 1.82) is 0 Å². The number of rotatable bonds is 3. The van der Waals surface area contributed by atoms with E-state index < -0.39 is 26.6 Å². The van der Waals surface area contributed by atoms with Gasteiger partial charge in [0.05, 0.1) is 11.9 Å². The molecule has 2 rings (SSSR count). The van der Waals surface area contributed by atoms with Crippen molar-refractivity contribution in [2.45, 2.75) is 4.90 Å². The zero-order valence-corrected chi connectivity index (χ0v) is 10.8. The van der Waals surface area contributed by atoms with Crippen LogP contribution in [0.3, 0.4) is 0 Å². The molecule has 0 radical (unpaired) electrons. The van der Waals surface area contributed by atoms with E-state index in [0.717, 1.165) is 24.4 Å². The molecule has 8 heteroatoms. The summed E-state index contributed by atoms with van der Waals surface area (Å²) < 4.78 is 52.6. The zero-order chi connectivity index (χ0) is 14.0. The Morgan fingerprint density at radius 2 is 1.89 bits per heavy atom. The van der Waals surface area contributed by atoms with Crippen LogP contribution >= 0.6 is 11.6 Å². The summed E-state index contributed by atoms with van der Waals surface area (Å²) in [4.78, 5) is 2.86. The van der Waals surface area contributed by atoms with E-state index in [1.54, 1.807) is 0 Å². The number of aromatic nitrogens is 1. The van der Waals surface area contributed by atoms with Gasteiger partial charge in [-0.05, 0) is 24.3 Å². The molecule has 0 saturated carbocycles. The van der Waals surface area contributed by atoms with Crippen LogP contribution in [0.5, 0.6) is 0 Å². The highest BCUT2D eigenvalue weighted by Crippen LogP contribution is 2.22. The normalized spacial score (nSPS) is 11.3. The van der Waals surface area contributed by atoms with Crippen LogP contribution < -0.4 is 4.72 Å². The van der Waals surface area contributed by atoms with E-state index in [4.69, 9.17) is 11.6 Å². The lowest BCUT2D eigenvalue weighted by molar-refractivity contribution is 0.569. The first kappa shape index (κ1) is 13.7. The Bertz CT molecular complexity index is 722. The Kier molecular flexibility index (Phi) is 3.68. The van der Waals surface area contributed by atoms with Crippen molar-refractivity contribution in [2.75, 3.05) is 4.72 Å². The summed E-state index contributed by atoms with van der Waals surface area (Å²) in [5, 5.41) is 0.0616. The van der Waals surface area contributed by atoms with Crippen molar-refractivity contribution in [1.82, 2.24) is 4.98 Å². The SMILES string of the molecule is O=S(=O)(Nc1ccncc1F)c1ccc(Cl)cc1F. The molecular formula is C11H7ClF2N2O2S. The number of nitrogens with one attached hydrogen (secondary N) is 1. The molecule has 1 aromatic heterocycles. The van der Waals surface area contributed by atoms with Crippen molar-refractivity contribution >= 4 is 27.3 Å².